The van der Waals surface area contributed by atoms with Crippen LogP contribution >= 0.6 is 56.7 Å². The molecular formula is C28H28S5. The predicted octanol–water partition coefficient (Wildman–Crippen LogP) is 11.3. The van der Waals surface area contributed by atoms with Crippen LogP contribution in [0.4, 0.5) is 0 Å². The monoisotopic (exact) mass is 524 g/mol. The Kier molecular flexibility index (Phi) is 7.63. The van der Waals surface area contributed by atoms with Gasteiger partial charge in [-0.3, -0.25) is 0 Å². The molecule has 5 rings (SSSR count). The third-order valence-electron chi connectivity index (χ3n) is 5.67. The SMILES string of the molecule is CCCCc1ccc(-c2ccc(-c3ccc(-c4ccc(-c5ccc(CCCC)s5)s4)s3)s2)s1. The normalized spacial score (nSPS) is 11.5. The summed E-state index contributed by atoms with van der Waals surface area (Å²) in [5, 5.41) is 0. The lowest BCUT2D eigenvalue weighted by atomic mass is 10.2. The van der Waals surface area contributed by atoms with Gasteiger partial charge in [0.25, 0.3) is 0 Å². The highest BCUT2D eigenvalue weighted by Gasteiger charge is 2.13. The number of aryl methyl sites for hydroxylation is 2. The van der Waals surface area contributed by atoms with Gasteiger partial charge in [0.1, 0.15) is 0 Å². The second-order valence-electron chi connectivity index (χ2n) is 8.23. The summed E-state index contributed by atoms with van der Waals surface area (Å²) in [7, 11) is 0. The van der Waals surface area contributed by atoms with E-state index in [1.54, 1.807) is 0 Å². The van der Waals surface area contributed by atoms with E-state index in [0.717, 1.165) is 0 Å². The van der Waals surface area contributed by atoms with Gasteiger partial charge in [0.15, 0.2) is 0 Å². The van der Waals surface area contributed by atoms with E-state index in [0.29, 0.717) is 0 Å². The number of thiophene rings is 5. The fraction of sp³-hybridized carbons (Fsp3) is 0.286. The first-order valence-electron chi connectivity index (χ1n) is 11.7. The van der Waals surface area contributed by atoms with Crippen molar-refractivity contribution in [1.82, 2.24) is 0 Å². The van der Waals surface area contributed by atoms with Crippen LogP contribution in [0.3, 0.4) is 0 Å². The molecule has 0 N–H and O–H groups in total. The Morgan fingerprint density at radius 3 is 0.970 bits per heavy atom. The van der Waals surface area contributed by atoms with Gasteiger partial charge < -0.3 is 0 Å². The Hall–Kier alpha value is -1.50. The first-order valence-corrected chi connectivity index (χ1v) is 15.8. The molecule has 5 aromatic heterocycles. The molecule has 0 aliphatic carbocycles. The number of hydrogen-bond donors (Lipinski definition) is 0. The molecule has 0 saturated heterocycles. The molecule has 0 radical (unpaired) electrons. The highest BCUT2D eigenvalue weighted by atomic mass is 32.1. The molecular weight excluding hydrogens is 497 g/mol. The van der Waals surface area contributed by atoms with Crippen molar-refractivity contribution in [1.29, 1.82) is 0 Å². The number of unbranched alkanes of at least 4 members (excludes halogenated alkanes) is 2. The largest absolute Gasteiger partial charge is 0.139 e. The van der Waals surface area contributed by atoms with Gasteiger partial charge in [-0.25, -0.2) is 0 Å². The maximum Gasteiger partial charge on any atom is 0.0449 e. The quantitative estimate of drug-likeness (QED) is 0.170. The van der Waals surface area contributed by atoms with Crippen molar-refractivity contribution in [3.8, 4) is 39.0 Å². The molecule has 0 aromatic carbocycles. The van der Waals surface area contributed by atoms with Gasteiger partial charge in [0.2, 0.25) is 0 Å². The van der Waals surface area contributed by atoms with Crippen molar-refractivity contribution >= 4 is 56.7 Å². The molecule has 33 heavy (non-hydrogen) atoms. The molecule has 5 heterocycles. The molecule has 0 atom stereocenters. The van der Waals surface area contributed by atoms with E-state index in [1.165, 1.54) is 87.3 Å². The van der Waals surface area contributed by atoms with Crippen LogP contribution in [0.1, 0.15) is 49.3 Å². The fourth-order valence-electron chi connectivity index (χ4n) is 3.80. The molecule has 0 saturated carbocycles. The molecule has 0 bridgehead atoms. The molecule has 0 unspecified atom stereocenters. The van der Waals surface area contributed by atoms with E-state index in [4.69, 9.17) is 0 Å². The summed E-state index contributed by atoms with van der Waals surface area (Å²) in [5.41, 5.74) is 0. The van der Waals surface area contributed by atoms with Crippen LogP contribution in [0.5, 0.6) is 0 Å². The highest BCUT2D eigenvalue weighted by Crippen LogP contribution is 2.44. The van der Waals surface area contributed by atoms with E-state index in [2.05, 4.69) is 74.5 Å². The van der Waals surface area contributed by atoms with Crippen molar-refractivity contribution in [3.05, 3.63) is 70.4 Å². The van der Waals surface area contributed by atoms with Crippen molar-refractivity contribution < 1.29 is 0 Å². The Balaban J connectivity index is 1.30. The van der Waals surface area contributed by atoms with Gasteiger partial charge in [-0.1, -0.05) is 26.7 Å². The van der Waals surface area contributed by atoms with Crippen LogP contribution in [-0.4, -0.2) is 0 Å². The molecule has 0 aliphatic heterocycles. The first-order chi connectivity index (χ1) is 16.2. The molecule has 5 heteroatoms. The van der Waals surface area contributed by atoms with Gasteiger partial charge in [-0.2, -0.15) is 0 Å². The summed E-state index contributed by atoms with van der Waals surface area (Å²) in [5.74, 6) is 0. The van der Waals surface area contributed by atoms with E-state index >= 15 is 0 Å². The van der Waals surface area contributed by atoms with Crippen molar-refractivity contribution in [2.45, 2.75) is 52.4 Å². The van der Waals surface area contributed by atoms with Gasteiger partial charge in [-0.05, 0) is 86.3 Å². The van der Waals surface area contributed by atoms with Gasteiger partial charge in [-0.15, -0.1) is 56.7 Å². The smallest absolute Gasteiger partial charge is 0.0449 e. The van der Waals surface area contributed by atoms with Crippen LogP contribution in [0.25, 0.3) is 39.0 Å². The molecule has 0 fully saturated rings. The Morgan fingerprint density at radius 1 is 0.394 bits per heavy atom. The topological polar surface area (TPSA) is 0 Å². The molecule has 5 aromatic rings. The van der Waals surface area contributed by atoms with Crippen molar-refractivity contribution in [2.24, 2.45) is 0 Å². The maximum atomic E-state index is 2.31. The molecule has 0 aliphatic rings. The van der Waals surface area contributed by atoms with Crippen molar-refractivity contribution in [2.75, 3.05) is 0 Å². The Morgan fingerprint density at radius 2 is 0.667 bits per heavy atom. The van der Waals surface area contributed by atoms with Crippen LogP contribution in [0, 0.1) is 0 Å². The minimum absolute atomic E-state index is 1.21. The minimum Gasteiger partial charge on any atom is -0.139 e. The van der Waals surface area contributed by atoms with Crippen LogP contribution < -0.4 is 0 Å². The van der Waals surface area contributed by atoms with E-state index in [9.17, 15) is 0 Å². The zero-order valence-electron chi connectivity index (χ0n) is 19.1. The fourth-order valence-corrected chi connectivity index (χ4v) is 9.28. The zero-order chi connectivity index (χ0) is 22.6. The summed E-state index contributed by atoms with van der Waals surface area (Å²) in [6.45, 7) is 4.53. The predicted molar refractivity (Wildman–Crippen MR) is 155 cm³/mol. The average Bonchev–Trinajstić information content (AvgIpc) is 3.65. The molecule has 0 spiro atoms. The van der Waals surface area contributed by atoms with Crippen LogP contribution in [-0.2, 0) is 12.8 Å². The molecule has 0 nitrogen and oxygen atoms in total. The lowest BCUT2D eigenvalue weighted by Gasteiger charge is -1.94. The van der Waals surface area contributed by atoms with E-state index < -0.39 is 0 Å². The third-order valence-corrected chi connectivity index (χ3v) is 12.0. The summed E-state index contributed by atoms with van der Waals surface area (Å²) in [6, 6.07) is 23.0. The maximum absolute atomic E-state index is 2.31. The minimum atomic E-state index is 1.21. The van der Waals surface area contributed by atoms with E-state index in [-0.39, 0.29) is 0 Å². The summed E-state index contributed by atoms with van der Waals surface area (Å²) in [6.07, 6.45) is 7.51. The zero-order valence-corrected chi connectivity index (χ0v) is 23.1. The summed E-state index contributed by atoms with van der Waals surface area (Å²) in [4.78, 5) is 14.1. The van der Waals surface area contributed by atoms with Crippen LogP contribution in [0.15, 0.2) is 60.7 Å². The second-order valence-corrected chi connectivity index (χ2v) is 13.8. The van der Waals surface area contributed by atoms with Gasteiger partial charge in [0.05, 0.1) is 0 Å². The van der Waals surface area contributed by atoms with E-state index in [1.807, 2.05) is 56.7 Å². The highest BCUT2D eigenvalue weighted by molar-refractivity contribution is 7.29. The van der Waals surface area contributed by atoms with Gasteiger partial charge >= 0.3 is 0 Å². The van der Waals surface area contributed by atoms with Crippen molar-refractivity contribution in [3.63, 3.8) is 0 Å². The summed E-state index contributed by atoms with van der Waals surface area (Å²) >= 11 is 9.68. The number of rotatable bonds is 10. The summed E-state index contributed by atoms with van der Waals surface area (Å²) < 4.78 is 0. The number of hydrogen-bond acceptors (Lipinski definition) is 5. The standard InChI is InChI=1S/C28H28S5/c1-3-5-7-19-9-11-21(29-19)23-13-15-25(31-23)27-17-18-28(33-27)26-16-14-24(32-26)22-12-10-20(30-22)8-6-4-2/h9-18H,3-8H2,1-2H3. The molecule has 170 valence electrons. The first kappa shape index (κ1) is 23.3. The van der Waals surface area contributed by atoms with Crippen LogP contribution in [0.2, 0.25) is 0 Å². The lowest BCUT2D eigenvalue weighted by Crippen LogP contribution is -1.76. The second kappa shape index (κ2) is 10.8. The van der Waals surface area contributed by atoms with Gasteiger partial charge in [0, 0.05) is 48.8 Å². The Bertz CT molecular complexity index is 1210. The molecule has 0 amide bonds. The average molecular weight is 525 g/mol. The lowest BCUT2D eigenvalue weighted by molar-refractivity contribution is 0.804. The Labute approximate surface area is 217 Å². The third kappa shape index (κ3) is 5.44.